The number of benzene rings is 3. The van der Waals surface area contributed by atoms with Crippen molar-refractivity contribution in [2.75, 3.05) is 5.32 Å². The maximum absolute atomic E-state index is 12.7. The summed E-state index contributed by atoms with van der Waals surface area (Å²) in [5.41, 5.74) is 12.6. The van der Waals surface area contributed by atoms with Crippen LogP contribution < -0.4 is 27.2 Å². The summed E-state index contributed by atoms with van der Waals surface area (Å²) in [6.07, 6.45) is 0. The van der Waals surface area contributed by atoms with Gasteiger partial charge in [-0.25, -0.2) is 8.42 Å². The number of nitrogens with two attached hydrogens (primary N) is 2. The number of hydrogen-bond donors (Lipinski definition) is 5. The molecule has 33 heavy (non-hydrogen) atoms. The molecule has 3 aromatic carbocycles. The Morgan fingerprint density at radius 2 is 1.64 bits per heavy atom. The molecule has 7 N–H and O–H groups in total. The summed E-state index contributed by atoms with van der Waals surface area (Å²) in [6.45, 7) is 5.84. The molecule has 0 atom stereocenters. The van der Waals surface area contributed by atoms with Crippen LogP contribution in [-0.2, 0) is 10.0 Å². The van der Waals surface area contributed by atoms with Gasteiger partial charge >= 0.3 is 0 Å². The summed E-state index contributed by atoms with van der Waals surface area (Å²) in [5.74, 6) is 4.73. The largest absolute Gasteiger partial charge is 0.382 e. The van der Waals surface area contributed by atoms with Gasteiger partial charge in [0.25, 0.3) is 15.9 Å². The average Bonchev–Trinajstić information content (AvgIpc) is 2.84. The molecule has 0 aliphatic carbocycles. The van der Waals surface area contributed by atoms with Crippen molar-refractivity contribution in [3.8, 4) is 0 Å². The Bertz CT molecular complexity index is 1300. The van der Waals surface area contributed by atoms with Crippen molar-refractivity contribution in [1.82, 2.24) is 10.3 Å². The van der Waals surface area contributed by atoms with Crippen LogP contribution in [0.4, 0.5) is 5.69 Å². The fourth-order valence-corrected chi connectivity index (χ4v) is 3.55. The van der Waals surface area contributed by atoms with Crippen LogP contribution in [0.2, 0.25) is 0 Å². The predicted octanol–water partition coefficient (Wildman–Crippen LogP) is 2.28. The summed E-state index contributed by atoms with van der Waals surface area (Å²) < 4.78 is 23.5. The topological polar surface area (TPSA) is 152 Å². The van der Waals surface area contributed by atoms with E-state index >= 15 is 0 Å². The van der Waals surface area contributed by atoms with Gasteiger partial charge in [0.05, 0.1) is 16.3 Å². The second-order valence-corrected chi connectivity index (χ2v) is 8.82. The van der Waals surface area contributed by atoms with Gasteiger partial charge in [0.2, 0.25) is 0 Å². The molecule has 0 aromatic heterocycles. The molecule has 10 heteroatoms. The molecular formula is C23H24N6O3S. The lowest BCUT2D eigenvalue weighted by Crippen LogP contribution is -2.30. The van der Waals surface area contributed by atoms with Crippen LogP contribution in [0.3, 0.4) is 0 Å². The van der Waals surface area contributed by atoms with Crippen molar-refractivity contribution in [3.63, 3.8) is 0 Å². The summed E-state index contributed by atoms with van der Waals surface area (Å²) >= 11 is 0. The average molecular weight is 465 g/mol. The third kappa shape index (κ3) is 5.83. The van der Waals surface area contributed by atoms with E-state index in [-0.39, 0.29) is 16.3 Å². The SMILES string of the molecule is C=C(N/N=C(\N)c1cc(C)ccc1NC(=O)c1ccc(S(=O)(=O)NN)cc1)c1ccccc1. The molecule has 0 saturated heterocycles. The van der Waals surface area contributed by atoms with Gasteiger partial charge < -0.3 is 11.1 Å². The number of hydrazone groups is 1. The van der Waals surface area contributed by atoms with E-state index in [0.717, 1.165) is 11.1 Å². The minimum atomic E-state index is -3.81. The molecule has 0 radical (unpaired) electrons. The van der Waals surface area contributed by atoms with Gasteiger partial charge in [-0.1, -0.05) is 48.5 Å². The monoisotopic (exact) mass is 464 g/mol. The minimum absolute atomic E-state index is 0.0568. The normalized spacial score (nSPS) is 11.6. The van der Waals surface area contributed by atoms with Gasteiger partial charge in [-0.2, -0.15) is 9.93 Å². The Morgan fingerprint density at radius 3 is 2.27 bits per heavy atom. The summed E-state index contributed by atoms with van der Waals surface area (Å²) in [5, 5.41) is 7.00. The first kappa shape index (κ1) is 23.7. The maximum atomic E-state index is 12.7. The van der Waals surface area contributed by atoms with Gasteiger partial charge in [-0.05, 0) is 48.9 Å². The quantitative estimate of drug-likeness (QED) is 0.149. The van der Waals surface area contributed by atoms with Crippen molar-refractivity contribution >= 4 is 33.2 Å². The van der Waals surface area contributed by atoms with Crippen molar-refractivity contribution in [3.05, 3.63) is 102 Å². The molecule has 0 unspecified atom stereocenters. The van der Waals surface area contributed by atoms with Crippen LogP contribution in [0, 0.1) is 6.92 Å². The van der Waals surface area contributed by atoms with E-state index < -0.39 is 15.9 Å². The van der Waals surface area contributed by atoms with Gasteiger partial charge in [-0.3, -0.25) is 16.1 Å². The number of sulfonamides is 1. The molecule has 0 fully saturated rings. The van der Waals surface area contributed by atoms with E-state index in [1.54, 1.807) is 17.0 Å². The molecule has 1 amide bonds. The smallest absolute Gasteiger partial charge is 0.255 e. The highest BCUT2D eigenvalue weighted by Gasteiger charge is 2.15. The Balaban J connectivity index is 1.80. The van der Waals surface area contributed by atoms with E-state index in [9.17, 15) is 13.2 Å². The predicted molar refractivity (Wildman–Crippen MR) is 129 cm³/mol. The molecule has 0 heterocycles. The lowest BCUT2D eigenvalue weighted by atomic mass is 10.1. The molecule has 0 spiro atoms. The molecule has 0 bridgehead atoms. The standard InChI is InChI=1S/C23H24N6O3S/c1-15-8-13-21(26-23(30)18-9-11-19(12-10-18)33(31,32)29-25)20(14-15)22(24)28-27-16(2)17-6-4-3-5-7-17/h3-14,27,29H,2,25H2,1H3,(H2,24,28)(H,26,30). The second kappa shape index (κ2) is 10.1. The number of amides is 1. The van der Waals surface area contributed by atoms with Crippen molar-refractivity contribution in [2.45, 2.75) is 11.8 Å². The lowest BCUT2D eigenvalue weighted by molar-refractivity contribution is 0.102. The molecule has 9 nitrogen and oxygen atoms in total. The molecule has 170 valence electrons. The molecule has 0 saturated carbocycles. The van der Waals surface area contributed by atoms with Gasteiger partial charge in [-0.15, -0.1) is 0 Å². The van der Waals surface area contributed by atoms with E-state index in [4.69, 9.17) is 11.6 Å². The summed E-state index contributed by atoms with van der Waals surface area (Å²) in [4.78, 5) is 14.4. The van der Waals surface area contributed by atoms with E-state index in [1.165, 1.54) is 24.3 Å². The highest BCUT2D eigenvalue weighted by Crippen LogP contribution is 2.19. The third-order valence-electron chi connectivity index (χ3n) is 4.71. The number of nitrogens with zero attached hydrogens (tertiary/aromatic N) is 1. The Kier molecular flexibility index (Phi) is 7.23. The van der Waals surface area contributed by atoms with Crippen molar-refractivity contribution < 1.29 is 13.2 Å². The summed E-state index contributed by atoms with van der Waals surface area (Å²) in [7, 11) is -3.81. The Hall–Kier alpha value is -3.99. The first-order valence-electron chi connectivity index (χ1n) is 9.79. The minimum Gasteiger partial charge on any atom is -0.382 e. The molecule has 0 aliphatic rings. The fourth-order valence-electron chi connectivity index (χ4n) is 2.92. The number of hydrogen-bond acceptors (Lipinski definition) is 6. The zero-order valence-electron chi connectivity index (χ0n) is 17.9. The number of anilines is 1. The Morgan fingerprint density at radius 1 is 0.970 bits per heavy atom. The summed E-state index contributed by atoms with van der Waals surface area (Å²) in [6, 6.07) is 20.1. The lowest BCUT2D eigenvalue weighted by Gasteiger charge is -2.13. The van der Waals surface area contributed by atoms with Gasteiger partial charge in [0.1, 0.15) is 0 Å². The highest BCUT2D eigenvalue weighted by molar-refractivity contribution is 7.89. The number of hydrazine groups is 1. The van der Waals surface area contributed by atoms with Crippen molar-refractivity contribution in [2.24, 2.45) is 16.7 Å². The first-order chi connectivity index (χ1) is 15.7. The molecule has 3 aromatic rings. The van der Waals surface area contributed by atoms with Gasteiger partial charge in [0.15, 0.2) is 5.84 Å². The second-order valence-electron chi connectivity index (χ2n) is 7.10. The highest BCUT2D eigenvalue weighted by atomic mass is 32.2. The Labute approximate surface area is 192 Å². The van der Waals surface area contributed by atoms with E-state index in [1.807, 2.05) is 43.3 Å². The van der Waals surface area contributed by atoms with E-state index in [0.29, 0.717) is 16.9 Å². The van der Waals surface area contributed by atoms with Crippen LogP contribution in [0.5, 0.6) is 0 Å². The van der Waals surface area contributed by atoms with Gasteiger partial charge in [0, 0.05) is 11.1 Å². The molecule has 3 rings (SSSR count). The van der Waals surface area contributed by atoms with E-state index in [2.05, 4.69) is 22.4 Å². The van der Waals surface area contributed by atoms with Crippen LogP contribution >= 0.6 is 0 Å². The van der Waals surface area contributed by atoms with Crippen LogP contribution in [-0.4, -0.2) is 20.2 Å². The number of amidine groups is 1. The van der Waals surface area contributed by atoms with Crippen LogP contribution in [0.1, 0.15) is 27.0 Å². The number of nitrogens with one attached hydrogen (secondary N) is 3. The maximum Gasteiger partial charge on any atom is 0.255 e. The zero-order chi connectivity index (χ0) is 24.0. The molecular weight excluding hydrogens is 440 g/mol. The van der Waals surface area contributed by atoms with Crippen LogP contribution in [0.25, 0.3) is 5.70 Å². The number of carbonyl (C=O) groups excluding carboxylic acids is 1. The third-order valence-corrected chi connectivity index (χ3v) is 5.92. The van der Waals surface area contributed by atoms with Crippen LogP contribution in [0.15, 0.2) is 89.4 Å². The number of rotatable bonds is 8. The first-order valence-corrected chi connectivity index (χ1v) is 11.3. The molecule has 0 aliphatic heterocycles. The zero-order valence-corrected chi connectivity index (χ0v) is 18.7. The number of carbonyl (C=O) groups is 1. The van der Waals surface area contributed by atoms with Crippen molar-refractivity contribution in [1.29, 1.82) is 0 Å². The number of aryl methyl sites for hydroxylation is 1. The fraction of sp³-hybridized carbons (Fsp3) is 0.0435.